The van der Waals surface area contributed by atoms with Gasteiger partial charge in [0, 0.05) is 26.2 Å². The van der Waals surface area contributed by atoms with Crippen LogP contribution in [0.5, 0.6) is 0 Å². The number of hydrogen-bond donors (Lipinski definition) is 2. The molecule has 0 saturated carbocycles. The highest BCUT2D eigenvalue weighted by Crippen LogP contribution is 2.28. The van der Waals surface area contributed by atoms with E-state index >= 15 is 0 Å². The molecular formula is C17H28N4O2. The Labute approximate surface area is 138 Å². The molecule has 2 aliphatic rings. The highest BCUT2D eigenvalue weighted by molar-refractivity contribution is 5.71. The predicted molar refractivity (Wildman–Crippen MR) is 94.7 cm³/mol. The summed E-state index contributed by atoms with van der Waals surface area (Å²) in [7, 11) is 0. The summed E-state index contributed by atoms with van der Waals surface area (Å²) >= 11 is 0. The topological polar surface area (TPSA) is 72.1 Å². The fourth-order valence-electron chi connectivity index (χ4n) is 2.57. The second kappa shape index (κ2) is 8.86. The van der Waals surface area contributed by atoms with Crippen molar-refractivity contribution in [2.75, 3.05) is 50.9 Å². The average molecular weight is 320 g/mol. The molecule has 2 heterocycles. The third kappa shape index (κ3) is 5.82. The van der Waals surface area contributed by atoms with Gasteiger partial charge in [-0.15, -0.1) is 0 Å². The summed E-state index contributed by atoms with van der Waals surface area (Å²) in [5.74, 6) is 0. The number of anilines is 1. The maximum absolute atomic E-state index is 5.40. The summed E-state index contributed by atoms with van der Waals surface area (Å²) < 4.78 is 10.7. The number of nitrogens with two attached hydrogens (primary N) is 1. The molecule has 0 bridgehead atoms. The molecule has 2 fully saturated rings. The third-order valence-corrected chi connectivity index (χ3v) is 3.77. The molecule has 3 N–H and O–H groups in total. The van der Waals surface area contributed by atoms with Crippen molar-refractivity contribution in [1.82, 2.24) is 5.32 Å². The molecule has 128 valence electrons. The normalized spacial score (nSPS) is 20.9. The van der Waals surface area contributed by atoms with Gasteiger partial charge < -0.3 is 25.4 Å². The van der Waals surface area contributed by atoms with Crippen LogP contribution in [-0.2, 0) is 9.47 Å². The van der Waals surface area contributed by atoms with Crippen molar-refractivity contribution in [3.05, 3.63) is 24.3 Å². The molecule has 1 aromatic rings. The van der Waals surface area contributed by atoms with Crippen LogP contribution in [0.15, 0.2) is 29.3 Å². The minimum atomic E-state index is 0.0677. The molecule has 0 unspecified atom stereocenters. The van der Waals surface area contributed by atoms with Crippen LogP contribution in [0.3, 0.4) is 0 Å². The molecule has 0 radical (unpaired) electrons. The molecule has 0 spiro atoms. The highest BCUT2D eigenvalue weighted by Gasteiger charge is 2.20. The quantitative estimate of drug-likeness (QED) is 0.639. The predicted octanol–water partition coefficient (Wildman–Crippen LogP) is 1.53. The van der Waals surface area contributed by atoms with Gasteiger partial charge in [-0.1, -0.05) is 12.1 Å². The summed E-state index contributed by atoms with van der Waals surface area (Å²) in [6.07, 6.45) is 1.33. The highest BCUT2D eigenvalue weighted by atomic mass is 16.5. The molecule has 6 heteroatoms. The summed E-state index contributed by atoms with van der Waals surface area (Å²) in [5.41, 5.74) is 7.44. The zero-order valence-electron chi connectivity index (χ0n) is 14.1. The second-order valence-electron chi connectivity index (χ2n) is 6.15. The van der Waals surface area contributed by atoms with Crippen LogP contribution in [0.2, 0.25) is 0 Å². The van der Waals surface area contributed by atoms with E-state index in [4.69, 9.17) is 15.2 Å². The van der Waals surface area contributed by atoms with Crippen molar-refractivity contribution in [2.24, 2.45) is 10.7 Å². The standard InChI is InChI=1S/C11H15N3O.C6H13NO/c12-9-13-10-3-1-2-4-11(10)14-5-7-15-8-6-14;1-6(2)5-7-3-4-8-6/h1-4,9H,5-8H2,(H2,12,13);7H,3-5H2,1-2H3. The lowest BCUT2D eigenvalue weighted by Gasteiger charge is -2.30. The maximum Gasteiger partial charge on any atom is 0.0880 e. The second-order valence-corrected chi connectivity index (χ2v) is 6.15. The van der Waals surface area contributed by atoms with Crippen molar-refractivity contribution in [3.8, 4) is 0 Å². The molecule has 6 nitrogen and oxygen atoms in total. The van der Waals surface area contributed by atoms with E-state index in [9.17, 15) is 0 Å². The first kappa shape index (κ1) is 17.7. The first-order chi connectivity index (χ1) is 11.1. The molecule has 3 rings (SSSR count). The molecular weight excluding hydrogens is 292 g/mol. The Morgan fingerprint density at radius 2 is 1.96 bits per heavy atom. The number of ether oxygens (including phenoxy) is 2. The van der Waals surface area contributed by atoms with Gasteiger partial charge in [0.1, 0.15) is 0 Å². The lowest BCUT2D eigenvalue weighted by molar-refractivity contribution is -0.0384. The Balaban J connectivity index is 0.000000203. The third-order valence-electron chi connectivity index (χ3n) is 3.77. The SMILES string of the molecule is CC1(C)CNCCO1.NC=Nc1ccccc1N1CCOCC1. The largest absolute Gasteiger partial charge is 0.390 e. The van der Waals surface area contributed by atoms with Gasteiger partial charge >= 0.3 is 0 Å². The van der Waals surface area contributed by atoms with Gasteiger partial charge in [0.2, 0.25) is 0 Å². The van der Waals surface area contributed by atoms with Gasteiger partial charge in [0.05, 0.1) is 43.1 Å². The van der Waals surface area contributed by atoms with Crippen LogP contribution in [0.25, 0.3) is 0 Å². The zero-order chi connectivity index (χ0) is 16.5. The van der Waals surface area contributed by atoms with Gasteiger partial charge in [-0.3, -0.25) is 0 Å². The Morgan fingerprint density at radius 1 is 1.22 bits per heavy atom. The smallest absolute Gasteiger partial charge is 0.0880 e. The van der Waals surface area contributed by atoms with Crippen molar-refractivity contribution < 1.29 is 9.47 Å². The summed E-state index contributed by atoms with van der Waals surface area (Å²) in [4.78, 5) is 6.42. The van der Waals surface area contributed by atoms with Gasteiger partial charge in [0.15, 0.2) is 0 Å². The Kier molecular flexibility index (Phi) is 6.83. The number of hydrogen-bond acceptors (Lipinski definition) is 5. The lowest BCUT2D eigenvalue weighted by atomic mass is 10.1. The monoisotopic (exact) mass is 320 g/mol. The van der Waals surface area contributed by atoms with Crippen LogP contribution in [0.1, 0.15) is 13.8 Å². The minimum absolute atomic E-state index is 0.0677. The van der Waals surface area contributed by atoms with E-state index < -0.39 is 0 Å². The first-order valence-corrected chi connectivity index (χ1v) is 8.13. The Hall–Kier alpha value is -1.63. The van der Waals surface area contributed by atoms with Crippen molar-refractivity contribution in [1.29, 1.82) is 0 Å². The molecule has 0 aromatic heterocycles. The first-order valence-electron chi connectivity index (χ1n) is 8.13. The van der Waals surface area contributed by atoms with Crippen molar-refractivity contribution >= 4 is 17.7 Å². The molecule has 0 atom stereocenters. The van der Waals surface area contributed by atoms with E-state index in [1.54, 1.807) is 0 Å². The number of para-hydroxylation sites is 2. The van der Waals surface area contributed by atoms with Gasteiger partial charge in [0.25, 0.3) is 0 Å². The van der Waals surface area contributed by atoms with Crippen molar-refractivity contribution in [3.63, 3.8) is 0 Å². The number of morpholine rings is 2. The van der Waals surface area contributed by atoms with Crippen LogP contribution < -0.4 is 16.0 Å². The van der Waals surface area contributed by atoms with Crippen LogP contribution in [0, 0.1) is 0 Å². The summed E-state index contributed by atoms with van der Waals surface area (Å²) in [6, 6.07) is 8.01. The number of benzene rings is 1. The number of nitrogens with zero attached hydrogens (tertiary/aromatic N) is 2. The van der Waals surface area contributed by atoms with E-state index in [-0.39, 0.29) is 5.60 Å². The van der Waals surface area contributed by atoms with E-state index in [0.29, 0.717) is 0 Å². The van der Waals surface area contributed by atoms with Crippen LogP contribution in [0.4, 0.5) is 11.4 Å². The van der Waals surface area contributed by atoms with E-state index in [2.05, 4.69) is 35.1 Å². The van der Waals surface area contributed by atoms with Gasteiger partial charge in [-0.2, -0.15) is 0 Å². The fourth-order valence-corrected chi connectivity index (χ4v) is 2.57. The van der Waals surface area contributed by atoms with Crippen molar-refractivity contribution in [2.45, 2.75) is 19.4 Å². The minimum Gasteiger partial charge on any atom is -0.390 e. The molecule has 0 aliphatic carbocycles. The molecule has 2 saturated heterocycles. The molecule has 0 amide bonds. The van der Waals surface area contributed by atoms with Gasteiger partial charge in [-0.25, -0.2) is 4.99 Å². The van der Waals surface area contributed by atoms with E-state index in [1.165, 1.54) is 6.34 Å². The fraction of sp³-hybridized carbons (Fsp3) is 0.588. The van der Waals surface area contributed by atoms with E-state index in [0.717, 1.165) is 57.4 Å². The Morgan fingerprint density at radius 3 is 2.52 bits per heavy atom. The zero-order valence-corrected chi connectivity index (χ0v) is 14.1. The average Bonchev–Trinajstić information content (AvgIpc) is 2.57. The summed E-state index contributed by atoms with van der Waals surface area (Å²) in [5, 5.41) is 3.25. The van der Waals surface area contributed by atoms with E-state index in [1.807, 2.05) is 18.2 Å². The Bertz CT molecular complexity index is 491. The van der Waals surface area contributed by atoms with Gasteiger partial charge in [-0.05, 0) is 26.0 Å². The van der Waals surface area contributed by atoms with Crippen LogP contribution >= 0.6 is 0 Å². The molecule has 1 aromatic carbocycles. The number of rotatable bonds is 2. The lowest BCUT2D eigenvalue weighted by Crippen LogP contribution is -2.45. The molecule has 23 heavy (non-hydrogen) atoms. The molecule has 2 aliphatic heterocycles. The maximum atomic E-state index is 5.40. The number of aliphatic imine (C=N–C) groups is 1. The summed E-state index contributed by atoms with van der Waals surface area (Å²) in [6.45, 7) is 10.4. The van der Waals surface area contributed by atoms with Crippen LogP contribution in [-0.4, -0.2) is 57.9 Å². The number of nitrogens with one attached hydrogen (secondary N) is 1.